The van der Waals surface area contributed by atoms with E-state index < -0.39 is 0 Å². The van der Waals surface area contributed by atoms with Gasteiger partial charge in [0.05, 0.1) is 18.1 Å². The monoisotopic (exact) mass is 310 g/mol. The van der Waals surface area contributed by atoms with Gasteiger partial charge in [0.2, 0.25) is 0 Å². The third kappa shape index (κ3) is 4.52. The van der Waals surface area contributed by atoms with Gasteiger partial charge in [0.25, 0.3) is 0 Å². The highest BCUT2D eigenvalue weighted by Gasteiger charge is 2.19. The molecule has 23 heavy (non-hydrogen) atoms. The number of ketones is 2. The fraction of sp³-hybridized carbons (Fsp3) is 0.300. The Balaban J connectivity index is 2.15. The average molecular weight is 310 g/mol. The lowest BCUT2D eigenvalue weighted by Crippen LogP contribution is -2.20. The van der Waals surface area contributed by atoms with Crippen LogP contribution in [-0.4, -0.2) is 17.7 Å². The summed E-state index contributed by atoms with van der Waals surface area (Å²) >= 11 is 0. The van der Waals surface area contributed by atoms with Crippen molar-refractivity contribution in [1.29, 1.82) is 0 Å². The molecule has 1 atom stereocenters. The standard InChI is InChI=1S/C20H22O3/c1-14(2)15(3)23-20-12-8-7-11-17(20)19(22)13-18(21)16-9-5-4-6-10-16/h4-12,14-15H,13H2,1-3H3. The van der Waals surface area contributed by atoms with Crippen LogP contribution in [0.1, 0.15) is 47.9 Å². The van der Waals surface area contributed by atoms with E-state index in [-0.39, 0.29) is 24.1 Å². The molecule has 0 aliphatic carbocycles. The Kier molecular flexibility index (Phi) is 5.69. The molecule has 3 heteroatoms. The molecule has 0 saturated heterocycles. The Morgan fingerprint density at radius 2 is 1.48 bits per heavy atom. The van der Waals surface area contributed by atoms with E-state index in [0.29, 0.717) is 22.8 Å². The minimum atomic E-state index is -0.217. The van der Waals surface area contributed by atoms with Crippen LogP contribution in [0.5, 0.6) is 5.75 Å². The number of hydrogen-bond donors (Lipinski definition) is 0. The third-order valence-electron chi connectivity index (χ3n) is 3.86. The fourth-order valence-electron chi connectivity index (χ4n) is 2.10. The van der Waals surface area contributed by atoms with E-state index in [1.165, 1.54) is 0 Å². The Labute approximate surface area is 137 Å². The molecule has 0 aliphatic heterocycles. The maximum absolute atomic E-state index is 12.5. The van der Waals surface area contributed by atoms with Gasteiger partial charge in [-0.1, -0.05) is 56.3 Å². The number of Topliss-reactive ketones (excluding diaryl/α,β-unsaturated/α-hetero) is 2. The van der Waals surface area contributed by atoms with Crippen molar-refractivity contribution in [2.24, 2.45) is 5.92 Å². The summed E-state index contributed by atoms with van der Waals surface area (Å²) < 4.78 is 5.88. The fourth-order valence-corrected chi connectivity index (χ4v) is 2.10. The highest BCUT2D eigenvalue weighted by Crippen LogP contribution is 2.23. The van der Waals surface area contributed by atoms with Crippen molar-refractivity contribution in [3.05, 3.63) is 65.7 Å². The lowest BCUT2D eigenvalue weighted by atomic mass is 10.0. The van der Waals surface area contributed by atoms with Crippen LogP contribution in [0.25, 0.3) is 0 Å². The lowest BCUT2D eigenvalue weighted by molar-refractivity contribution is 0.0889. The van der Waals surface area contributed by atoms with Crippen molar-refractivity contribution >= 4 is 11.6 Å². The average Bonchev–Trinajstić information content (AvgIpc) is 2.55. The van der Waals surface area contributed by atoms with E-state index in [4.69, 9.17) is 4.74 Å². The molecule has 0 heterocycles. The van der Waals surface area contributed by atoms with Crippen molar-refractivity contribution in [2.75, 3.05) is 0 Å². The predicted octanol–water partition coefficient (Wildman–Crippen LogP) is 4.57. The van der Waals surface area contributed by atoms with Gasteiger partial charge in [0.15, 0.2) is 11.6 Å². The summed E-state index contributed by atoms with van der Waals surface area (Å²) in [6, 6.07) is 16.0. The zero-order valence-electron chi connectivity index (χ0n) is 13.8. The van der Waals surface area contributed by atoms with Crippen LogP contribution >= 0.6 is 0 Å². The Morgan fingerprint density at radius 3 is 2.13 bits per heavy atom. The summed E-state index contributed by atoms with van der Waals surface area (Å²) in [4.78, 5) is 24.7. The number of benzene rings is 2. The second-order valence-corrected chi connectivity index (χ2v) is 5.95. The van der Waals surface area contributed by atoms with Crippen LogP contribution in [0, 0.1) is 5.92 Å². The molecule has 1 unspecified atom stereocenters. The summed E-state index contributed by atoms with van der Waals surface area (Å²) in [5.41, 5.74) is 1.01. The minimum absolute atomic E-state index is 0.00576. The van der Waals surface area contributed by atoms with Crippen LogP contribution in [0.4, 0.5) is 0 Å². The van der Waals surface area contributed by atoms with Gasteiger partial charge in [-0.3, -0.25) is 9.59 Å². The van der Waals surface area contributed by atoms with Gasteiger partial charge in [0, 0.05) is 5.56 Å². The first-order valence-corrected chi connectivity index (χ1v) is 7.86. The zero-order valence-corrected chi connectivity index (χ0v) is 13.8. The van der Waals surface area contributed by atoms with Crippen molar-refractivity contribution in [3.63, 3.8) is 0 Å². The molecule has 0 bridgehead atoms. The van der Waals surface area contributed by atoms with Crippen LogP contribution in [0.15, 0.2) is 54.6 Å². The minimum Gasteiger partial charge on any atom is -0.490 e. The number of rotatable bonds is 7. The highest BCUT2D eigenvalue weighted by molar-refractivity contribution is 6.14. The molecule has 2 rings (SSSR count). The molecule has 0 saturated carbocycles. The maximum atomic E-state index is 12.5. The van der Waals surface area contributed by atoms with Crippen LogP contribution in [-0.2, 0) is 0 Å². The second-order valence-electron chi connectivity index (χ2n) is 5.95. The van der Waals surface area contributed by atoms with Crippen LogP contribution < -0.4 is 4.74 Å². The molecule has 0 radical (unpaired) electrons. The first-order valence-electron chi connectivity index (χ1n) is 7.86. The summed E-state index contributed by atoms with van der Waals surface area (Å²) in [7, 11) is 0. The predicted molar refractivity (Wildman–Crippen MR) is 91.1 cm³/mol. The summed E-state index contributed by atoms with van der Waals surface area (Å²) in [6.45, 7) is 6.10. The number of para-hydroxylation sites is 1. The summed E-state index contributed by atoms with van der Waals surface area (Å²) in [5, 5.41) is 0. The van der Waals surface area contributed by atoms with Gasteiger partial charge in [0.1, 0.15) is 5.75 Å². The number of carbonyl (C=O) groups excluding carboxylic acids is 2. The van der Waals surface area contributed by atoms with Gasteiger partial charge < -0.3 is 4.74 Å². The van der Waals surface area contributed by atoms with Crippen molar-refractivity contribution in [1.82, 2.24) is 0 Å². The first-order chi connectivity index (χ1) is 11.0. The van der Waals surface area contributed by atoms with Gasteiger partial charge in [-0.05, 0) is 25.0 Å². The Hall–Kier alpha value is -2.42. The zero-order chi connectivity index (χ0) is 16.8. The first kappa shape index (κ1) is 16.9. The summed E-state index contributed by atoms with van der Waals surface area (Å²) in [6.07, 6.45) is -0.158. The largest absolute Gasteiger partial charge is 0.490 e. The maximum Gasteiger partial charge on any atom is 0.174 e. The van der Waals surface area contributed by atoms with Crippen molar-refractivity contribution < 1.29 is 14.3 Å². The Morgan fingerprint density at radius 1 is 0.870 bits per heavy atom. The topological polar surface area (TPSA) is 43.4 Å². The molecule has 2 aromatic carbocycles. The number of carbonyl (C=O) groups is 2. The van der Waals surface area contributed by atoms with E-state index in [9.17, 15) is 9.59 Å². The molecule has 3 nitrogen and oxygen atoms in total. The quantitative estimate of drug-likeness (QED) is 0.556. The molecule has 0 amide bonds. The third-order valence-corrected chi connectivity index (χ3v) is 3.86. The number of ether oxygens (including phenoxy) is 1. The molecule has 0 aromatic heterocycles. The van der Waals surface area contributed by atoms with Gasteiger partial charge in [-0.15, -0.1) is 0 Å². The molecule has 0 fully saturated rings. The van der Waals surface area contributed by atoms with Crippen LogP contribution in [0.2, 0.25) is 0 Å². The molecule has 0 spiro atoms. The molecule has 2 aromatic rings. The van der Waals surface area contributed by atoms with Crippen molar-refractivity contribution in [3.8, 4) is 5.75 Å². The van der Waals surface area contributed by atoms with Crippen LogP contribution in [0.3, 0.4) is 0 Å². The van der Waals surface area contributed by atoms with E-state index in [2.05, 4.69) is 13.8 Å². The van der Waals surface area contributed by atoms with E-state index >= 15 is 0 Å². The normalized spacial score (nSPS) is 12.0. The lowest BCUT2D eigenvalue weighted by Gasteiger charge is -2.19. The molecule has 0 N–H and O–H groups in total. The van der Waals surface area contributed by atoms with E-state index in [1.807, 2.05) is 19.1 Å². The number of hydrogen-bond acceptors (Lipinski definition) is 3. The second kappa shape index (κ2) is 7.73. The molecular weight excluding hydrogens is 288 g/mol. The van der Waals surface area contributed by atoms with E-state index in [1.54, 1.807) is 42.5 Å². The SMILES string of the molecule is CC(C)C(C)Oc1ccccc1C(=O)CC(=O)c1ccccc1. The molecule has 120 valence electrons. The smallest absolute Gasteiger partial charge is 0.174 e. The van der Waals surface area contributed by atoms with E-state index in [0.717, 1.165) is 0 Å². The highest BCUT2D eigenvalue weighted by atomic mass is 16.5. The van der Waals surface area contributed by atoms with Gasteiger partial charge in [-0.25, -0.2) is 0 Å². The molecular formula is C20H22O3. The summed E-state index contributed by atoms with van der Waals surface area (Å²) in [5.74, 6) is 0.483. The van der Waals surface area contributed by atoms with Gasteiger partial charge in [-0.2, -0.15) is 0 Å². The Bertz CT molecular complexity index is 674. The van der Waals surface area contributed by atoms with Gasteiger partial charge >= 0.3 is 0 Å². The molecule has 0 aliphatic rings. The van der Waals surface area contributed by atoms with Crippen molar-refractivity contribution in [2.45, 2.75) is 33.3 Å².